The number of nitrogens with zero attached hydrogens (tertiary/aromatic N) is 2. The van der Waals surface area contributed by atoms with Gasteiger partial charge in [0, 0.05) is 0 Å². The number of hydrogen-bond acceptors (Lipinski definition) is 4. The zero-order chi connectivity index (χ0) is 14.3. The first kappa shape index (κ1) is 12.0. The number of aromatic nitrogens is 1. The molecule has 0 saturated heterocycles. The van der Waals surface area contributed by atoms with Gasteiger partial charge >= 0.3 is 5.97 Å². The van der Waals surface area contributed by atoms with Gasteiger partial charge in [0.1, 0.15) is 5.82 Å². The maximum atomic E-state index is 12.2. The molecule has 2 heterocycles. The maximum Gasteiger partial charge on any atom is 0.354 e. The summed E-state index contributed by atoms with van der Waals surface area (Å²) in [6.45, 7) is 0. The van der Waals surface area contributed by atoms with Crippen LogP contribution in [0.1, 0.15) is 31.2 Å². The van der Waals surface area contributed by atoms with Crippen LogP contribution in [0.5, 0.6) is 0 Å². The fourth-order valence-electron chi connectivity index (χ4n) is 2.06. The van der Waals surface area contributed by atoms with E-state index < -0.39 is 17.8 Å². The number of carboxylic acid groups (broad SMARTS) is 1. The van der Waals surface area contributed by atoms with Crippen molar-refractivity contribution < 1.29 is 19.5 Å². The largest absolute Gasteiger partial charge is 0.477 e. The molecule has 1 aliphatic rings. The number of carbonyl (C=O) groups excluding carboxylic acids is 2. The van der Waals surface area contributed by atoms with E-state index in [1.807, 2.05) is 0 Å². The second-order valence-electron chi connectivity index (χ2n) is 4.18. The fourth-order valence-corrected chi connectivity index (χ4v) is 2.06. The summed E-state index contributed by atoms with van der Waals surface area (Å²) in [6, 6.07) is 10.6. The predicted molar refractivity (Wildman–Crippen MR) is 68.8 cm³/mol. The average molecular weight is 268 g/mol. The molecule has 2 aromatic rings. The van der Waals surface area contributed by atoms with Gasteiger partial charge in [-0.2, -0.15) is 0 Å². The second-order valence-corrected chi connectivity index (χ2v) is 4.18. The predicted octanol–water partition coefficient (Wildman–Crippen LogP) is 1.58. The van der Waals surface area contributed by atoms with E-state index >= 15 is 0 Å². The lowest BCUT2D eigenvalue weighted by Gasteiger charge is -2.12. The number of aromatic carboxylic acids is 1. The number of carbonyl (C=O) groups is 3. The molecule has 0 aliphatic carbocycles. The van der Waals surface area contributed by atoms with Crippen LogP contribution in [0.2, 0.25) is 0 Å². The summed E-state index contributed by atoms with van der Waals surface area (Å²) in [5.74, 6) is -2.21. The van der Waals surface area contributed by atoms with Gasteiger partial charge in [-0.05, 0) is 24.3 Å². The van der Waals surface area contributed by atoms with Gasteiger partial charge in [-0.3, -0.25) is 9.59 Å². The minimum absolute atomic E-state index is 0.0103. The molecule has 98 valence electrons. The number of rotatable bonds is 2. The molecule has 2 amide bonds. The molecular formula is C14H8N2O4. The van der Waals surface area contributed by atoms with E-state index in [1.165, 1.54) is 18.2 Å². The number of hydrogen-bond donors (Lipinski definition) is 1. The van der Waals surface area contributed by atoms with Gasteiger partial charge < -0.3 is 5.11 Å². The van der Waals surface area contributed by atoms with Gasteiger partial charge in [0.15, 0.2) is 5.69 Å². The third-order valence-electron chi connectivity index (χ3n) is 2.98. The minimum atomic E-state index is -1.22. The lowest BCUT2D eigenvalue weighted by atomic mass is 10.1. The first-order valence-corrected chi connectivity index (χ1v) is 5.78. The Bertz CT molecular complexity index is 719. The van der Waals surface area contributed by atoms with Gasteiger partial charge in [-0.25, -0.2) is 14.7 Å². The van der Waals surface area contributed by atoms with E-state index in [1.54, 1.807) is 24.3 Å². The molecule has 0 bridgehead atoms. The number of pyridine rings is 1. The number of benzene rings is 1. The summed E-state index contributed by atoms with van der Waals surface area (Å²) in [5, 5.41) is 8.91. The van der Waals surface area contributed by atoms with Crippen molar-refractivity contribution in [2.24, 2.45) is 0 Å². The lowest BCUT2D eigenvalue weighted by molar-refractivity contribution is 0.0689. The SMILES string of the molecule is O=C(O)c1cccc(N2C(=O)c3ccccc3C2=O)n1. The van der Waals surface area contributed by atoms with E-state index in [0.29, 0.717) is 11.1 Å². The van der Waals surface area contributed by atoms with Crippen LogP contribution < -0.4 is 4.90 Å². The molecule has 20 heavy (non-hydrogen) atoms. The lowest BCUT2D eigenvalue weighted by Crippen LogP contribution is -2.30. The highest BCUT2D eigenvalue weighted by Crippen LogP contribution is 2.26. The minimum Gasteiger partial charge on any atom is -0.477 e. The van der Waals surface area contributed by atoms with Crippen molar-refractivity contribution in [3.8, 4) is 0 Å². The van der Waals surface area contributed by atoms with Gasteiger partial charge in [-0.15, -0.1) is 0 Å². The fraction of sp³-hybridized carbons (Fsp3) is 0. The van der Waals surface area contributed by atoms with Crippen LogP contribution in [-0.4, -0.2) is 27.9 Å². The van der Waals surface area contributed by atoms with E-state index in [0.717, 1.165) is 4.90 Å². The quantitative estimate of drug-likeness (QED) is 0.835. The molecule has 3 rings (SSSR count). The first-order chi connectivity index (χ1) is 9.59. The maximum absolute atomic E-state index is 12.2. The molecule has 0 unspecified atom stereocenters. The van der Waals surface area contributed by atoms with Crippen molar-refractivity contribution in [1.82, 2.24) is 4.98 Å². The topological polar surface area (TPSA) is 87.6 Å². The van der Waals surface area contributed by atoms with Crippen LogP contribution in [0.3, 0.4) is 0 Å². The third-order valence-corrected chi connectivity index (χ3v) is 2.98. The highest BCUT2D eigenvalue weighted by Gasteiger charge is 2.37. The van der Waals surface area contributed by atoms with Crippen molar-refractivity contribution in [3.63, 3.8) is 0 Å². The van der Waals surface area contributed by atoms with E-state index in [9.17, 15) is 14.4 Å². The molecular weight excluding hydrogens is 260 g/mol. The van der Waals surface area contributed by atoms with E-state index in [2.05, 4.69) is 4.98 Å². The third kappa shape index (κ3) is 1.66. The molecule has 6 heteroatoms. The highest BCUT2D eigenvalue weighted by atomic mass is 16.4. The number of imide groups is 1. The summed E-state index contributed by atoms with van der Waals surface area (Å²) < 4.78 is 0. The Balaban J connectivity index is 2.09. The van der Waals surface area contributed by atoms with Crippen LogP contribution in [-0.2, 0) is 0 Å². The molecule has 0 fully saturated rings. The Kier molecular flexibility index (Phi) is 2.57. The van der Waals surface area contributed by atoms with Crippen LogP contribution >= 0.6 is 0 Å². The smallest absolute Gasteiger partial charge is 0.354 e. The van der Waals surface area contributed by atoms with Gasteiger partial charge in [0.05, 0.1) is 11.1 Å². The first-order valence-electron chi connectivity index (χ1n) is 5.78. The summed E-state index contributed by atoms with van der Waals surface area (Å²) in [4.78, 5) is 40.0. The number of carboxylic acids is 1. The van der Waals surface area contributed by atoms with Crippen LogP contribution in [0.15, 0.2) is 42.5 Å². The Morgan fingerprint density at radius 3 is 2.10 bits per heavy atom. The standard InChI is InChI=1S/C14H8N2O4/c17-12-8-4-1-2-5-9(8)13(18)16(12)11-7-3-6-10(15-11)14(19)20/h1-7H,(H,19,20). The van der Waals surface area contributed by atoms with Crippen LogP contribution in [0.25, 0.3) is 0 Å². The molecule has 1 N–H and O–H groups in total. The summed E-state index contributed by atoms with van der Waals surface area (Å²) in [5.41, 5.74) is 0.360. The summed E-state index contributed by atoms with van der Waals surface area (Å²) in [7, 11) is 0. The second kappa shape index (κ2) is 4.27. The summed E-state index contributed by atoms with van der Waals surface area (Å²) >= 11 is 0. The van der Waals surface area contributed by atoms with Crippen molar-refractivity contribution >= 4 is 23.6 Å². The molecule has 0 spiro atoms. The molecule has 1 aromatic heterocycles. The van der Waals surface area contributed by atoms with Crippen molar-refractivity contribution in [1.29, 1.82) is 0 Å². The molecule has 6 nitrogen and oxygen atoms in total. The van der Waals surface area contributed by atoms with Crippen molar-refractivity contribution in [3.05, 3.63) is 59.3 Å². The average Bonchev–Trinajstić information content (AvgIpc) is 2.72. The number of amides is 2. The van der Waals surface area contributed by atoms with Gasteiger partial charge in [-0.1, -0.05) is 18.2 Å². The zero-order valence-corrected chi connectivity index (χ0v) is 10.1. The van der Waals surface area contributed by atoms with Gasteiger partial charge in [0.25, 0.3) is 11.8 Å². The van der Waals surface area contributed by atoms with E-state index in [4.69, 9.17) is 5.11 Å². The molecule has 0 saturated carbocycles. The highest BCUT2D eigenvalue weighted by molar-refractivity contribution is 6.34. The van der Waals surface area contributed by atoms with Gasteiger partial charge in [0.2, 0.25) is 0 Å². The van der Waals surface area contributed by atoms with Crippen LogP contribution in [0, 0.1) is 0 Å². The normalized spacial score (nSPS) is 13.5. The monoisotopic (exact) mass is 268 g/mol. The number of anilines is 1. The Hall–Kier alpha value is -3.02. The molecule has 1 aromatic carbocycles. The van der Waals surface area contributed by atoms with Crippen molar-refractivity contribution in [2.45, 2.75) is 0 Å². The molecule has 1 aliphatic heterocycles. The molecule has 0 atom stereocenters. The number of fused-ring (bicyclic) bond motifs is 1. The molecule has 0 radical (unpaired) electrons. The van der Waals surface area contributed by atoms with Crippen molar-refractivity contribution in [2.75, 3.05) is 4.90 Å². The Labute approximate surface area is 113 Å². The van der Waals surface area contributed by atoms with Crippen LogP contribution in [0.4, 0.5) is 5.82 Å². The summed E-state index contributed by atoms with van der Waals surface area (Å²) in [6.07, 6.45) is 0. The van der Waals surface area contributed by atoms with E-state index in [-0.39, 0.29) is 11.5 Å². The zero-order valence-electron chi connectivity index (χ0n) is 10.1. The Morgan fingerprint density at radius 2 is 1.55 bits per heavy atom. The Morgan fingerprint density at radius 1 is 0.950 bits per heavy atom.